The van der Waals surface area contributed by atoms with Crippen molar-refractivity contribution in [3.8, 4) is 0 Å². The molecular weight excluding hydrogens is 320 g/mol. The first kappa shape index (κ1) is 13.3. The number of nitrogens with one attached hydrogen (secondary N) is 1. The minimum Gasteiger partial charge on any atom is -0.301 e. The Hall–Kier alpha value is -0.710. The molecule has 0 bridgehead atoms. The monoisotopic (exact) mass is 336 g/mol. The molecule has 2 aromatic rings. The predicted octanol–water partition coefficient (Wildman–Crippen LogP) is 4.36. The van der Waals surface area contributed by atoms with Crippen molar-refractivity contribution < 1.29 is 0 Å². The summed E-state index contributed by atoms with van der Waals surface area (Å²) in [5.41, 5.74) is 3.69. The molecule has 2 nitrogen and oxygen atoms in total. The van der Waals surface area contributed by atoms with Crippen LogP contribution in [0.25, 0.3) is 0 Å². The number of halogens is 1. The fraction of sp³-hybridized carbons (Fsp3) is 0.400. The van der Waals surface area contributed by atoms with Crippen molar-refractivity contribution in [2.75, 3.05) is 0 Å². The van der Waals surface area contributed by atoms with Crippen molar-refractivity contribution in [2.45, 2.75) is 38.8 Å². The second-order valence-electron chi connectivity index (χ2n) is 5.21. The van der Waals surface area contributed by atoms with Crippen LogP contribution in [0.5, 0.6) is 0 Å². The highest BCUT2D eigenvalue weighted by atomic mass is 79.9. The molecule has 1 fully saturated rings. The number of aryl methyl sites for hydroxylation is 2. The van der Waals surface area contributed by atoms with Gasteiger partial charge in [-0.25, -0.2) is 4.98 Å². The molecule has 1 unspecified atom stereocenters. The summed E-state index contributed by atoms with van der Waals surface area (Å²) in [6.07, 6.45) is 2.58. The molecule has 1 aliphatic rings. The van der Waals surface area contributed by atoms with E-state index >= 15 is 0 Å². The highest BCUT2D eigenvalue weighted by molar-refractivity contribution is 9.10. The standard InChI is InChI=1S/C15H17BrN2S/c1-9-7-11(3-6-13(9)16)14(18-12-4-5-12)15-17-10(2)8-19-15/h3,6-8,12,14,18H,4-5H2,1-2H3. The Labute approximate surface area is 126 Å². The summed E-state index contributed by atoms with van der Waals surface area (Å²) in [5, 5.41) is 7.02. The van der Waals surface area contributed by atoms with E-state index in [1.165, 1.54) is 29.0 Å². The summed E-state index contributed by atoms with van der Waals surface area (Å²) >= 11 is 5.32. The lowest BCUT2D eigenvalue weighted by Gasteiger charge is -2.17. The van der Waals surface area contributed by atoms with Crippen LogP contribution in [-0.2, 0) is 0 Å². The van der Waals surface area contributed by atoms with Crippen molar-refractivity contribution in [2.24, 2.45) is 0 Å². The molecule has 3 rings (SSSR count). The second-order valence-corrected chi connectivity index (χ2v) is 6.95. The molecule has 0 amide bonds. The van der Waals surface area contributed by atoms with E-state index in [2.05, 4.69) is 63.7 Å². The van der Waals surface area contributed by atoms with Crippen LogP contribution >= 0.6 is 27.3 Å². The third kappa shape index (κ3) is 3.07. The van der Waals surface area contributed by atoms with Gasteiger partial charge in [-0.3, -0.25) is 0 Å². The Morgan fingerprint density at radius 1 is 1.37 bits per heavy atom. The van der Waals surface area contributed by atoms with Crippen LogP contribution in [0.3, 0.4) is 0 Å². The fourth-order valence-corrected chi connectivity index (χ4v) is 3.28. The van der Waals surface area contributed by atoms with Crippen LogP contribution in [-0.4, -0.2) is 11.0 Å². The van der Waals surface area contributed by atoms with Crippen LogP contribution in [0.1, 0.15) is 40.7 Å². The molecule has 1 atom stereocenters. The van der Waals surface area contributed by atoms with Gasteiger partial charge in [0.25, 0.3) is 0 Å². The molecule has 1 aromatic carbocycles. The molecule has 1 heterocycles. The largest absolute Gasteiger partial charge is 0.301 e. The van der Waals surface area contributed by atoms with E-state index in [4.69, 9.17) is 0 Å². The van der Waals surface area contributed by atoms with E-state index in [1.807, 2.05) is 0 Å². The fourth-order valence-electron chi connectivity index (χ4n) is 2.15. The van der Waals surface area contributed by atoms with Gasteiger partial charge < -0.3 is 5.32 Å². The van der Waals surface area contributed by atoms with Crippen molar-refractivity contribution in [1.29, 1.82) is 0 Å². The summed E-state index contributed by atoms with van der Waals surface area (Å²) in [6, 6.07) is 7.47. The Balaban J connectivity index is 1.95. The highest BCUT2D eigenvalue weighted by Crippen LogP contribution is 2.31. The minimum absolute atomic E-state index is 0.234. The summed E-state index contributed by atoms with van der Waals surface area (Å²) in [7, 11) is 0. The van der Waals surface area contributed by atoms with Crippen LogP contribution in [0.15, 0.2) is 28.1 Å². The molecular formula is C15H17BrN2S. The van der Waals surface area contributed by atoms with Crippen molar-refractivity contribution in [1.82, 2.24) is 10.3 Å². The maximum absolute atomic E-state index is 4.66. The van der Waals surface area contributed by atoms with E-state index in [0.29, 0.717) is 6.04 Å². The molecule has 100 valence electrons. The van der Waals surface area contributed by atoms with Gasteiger partial charge in [0.05, 0.1) is 6.04 Å². The molecule has 1 aromatic heterocycles. The van der Waals surface area contributed by atoms with Gasteiger partial charge in [-0.15, -0.1) is 11.3 Å². The van der Waals surface area contributed by atoms with Gasteiger partial charge in [-0.05, 0) is 43.9 Å². The topological polar surface area (TPSA) is 24.9 Å². The molecule has 1 N–H and O–H groups in total. The highest BCUT2D eigenvalue weighted by Gasteiger charge is 2.27. The summed E-state index contributed by atoms with van der Waals surface area (Å²) in [4.78, 5) is 4.66. The maximum Gasteiger partial charge on any atom is 0.114 e. The first-order valence-electron chi connectivity index (χ1n) is 6.57. The zero-order chi connectivity index (χ0) is 13.4. The zero-order valence-electron chi connectivity index (χ0n) is 11.1. The second kappa shape index (κ2) is 5.35. The molecule has 0 radical (unpaired) electrons. The average molecular weight is 337 g/mol. The number of nitrogens with zero attached hydrogens (tertiary/aromatic N) is 1. The van der Waals surface area contributed by atoms with Crippen LogP contribution < -0.4 is 5.32 Å². The number of rotatable bonds is 4. The van der Waals surface area contributed by atoms with E-state index in [-0.39, 0.29) is 6.04 Å². The van der Waals surface area contributed by atoms with E-state index in [9.17, 15) is 0 Å². The van der Waals surface area contributed by atoms with Crippen LogP contribution in [0.4, 0.5) is 0 Å². The molecule has 1 aliphatic carbocycles. The molecule has 4 heteroatoms. The molecule has 0 aliphatic heterocycles. The van der Waals surface area contributed by atoms with Gasteiger partial charge in [-0.2, -0.15) is 0 Å². The summed E-state index contributed by atoms with van der Waals surface area (Å²) in [6.45, 7) is 4.19. The van der Waals surface area contributed by atoms with Crippen molar-refractivity contribution in [3.63, 3.8) is 0 Å². The third-order valence-corrected chi connectivity index (χ3v) is 5.30. The van der Waals surface area contributed by atoms with Crippen LogP contribution in [0, 0.1) is 13.8 Å². The lowest BCUT2D eigenvalue weighted by molar-refractivity contribution is 0.597. The van der Waals surface area contributed by atoms with Gasteiger partial charge in [0.2, 0.25) is 0 Å². The van der Waals surface area contributed by atoms with Gasteiger partial charge in [0.15, 0.2) is 0 Å². The third-order valence-electron chi connectivity index (χ3n) is 3.38. The SMILES string of the molecule is Cc1csc(C(NC2CC2)c2ccc(Br)c(C)c2)n1. The number of aromatic nitrogens is 1. The van der Waals surface area contributed by atoms with Gasteiger partial charge >= 0.3 is 0 Å². The number of hydrogen-bond acceptors (Lipinski definition) is 3. The quantitative estimate of drug-likeness (QED) is 0.896. The maximum atomic E-state index is 4.66. The predicted molar refractivity (Wildman–Crippen MR) is 83.7 cm³/mol. The molecule has 19 heavy (non-hydrogen) atoms. The van der Waals surface area contributed by atoms with E-state index in [0.717, 1.165) is 10.2 Å². The van der Waals surface area contributed by atoms with Gasteiger partial charge in [0.1, 0.15) is 5.01 Å². The Kier molecular flexibility index (Phi) is 3.74. The van der Waals surface area contributed by atoms with Crippen molar-refractivity contribution >= 4 is 27.3 Å². The normalized spacial score (nSPS) is 16.6. The first-order valence-corrected chi connectivity index (χ1v) is 8.25. The number of benzene rings is 1. The van der Waals surface area contributed by atoms with Gasteiger partial charge in [-0.1, -0.05) is 28.1 Å². The van der Waals surface area contributed by atoms with Crippen molar-refractivity contribution in [3.05, 3.63) is 49.9 Å². The molecule has 0 spiro atoms. The Morgan fingerprint density at radius 2 is 2.16 bits per heavy atom. The Morgan fingerprint density at radius 3 is 2.74 bits per heavy atom. The van der Waals surface area contributed by atoms with Gasteiger partial charge in [0, 0.05) is 21.6 Å². The number of thiazole rings is 1. The summed E-state index contributed by atoms with van der Waals surface area (Å²) in [5.74, 6) is 0. The zero-order valence-corrected chi connectivity index (χ0v) is 13.5. The lowest BCUT2D eigenvalue weighted by Crippen LogP contribution is -2.24. The number of hydrogen-bond donors (Lipinski definition) is 1. The first-order chi connectivity index (χ1) is 9.13. The Bertz CT molecular complexity index is 590. The average Bonchev–Trinajstić information content (AvgIpc) is 3.11. The smallest absolute Gasteiger partial charge is 0.114 e. The van der Waals surface area contributed by atoms with E-state index in [1.54, 1.807) is 11.3 Å². The molecule has 1 saturated carbocycles. The summed E-state index contributed by atoms with van der Waals surface area (Å²) < 4.78 is 1.16. The lowest BCUT2D eigenvalue weighted by atomic mass is 10.0. The van der Waals surface area contributed by atoms with Crippen LogP contribution in [0.2, 0.25) is 0 Å². The van der Waals surface area contributed by atoms with E-state index < -0.39 is 0 Å². The minimum atomic E-state index is 0.234. The molecule has 0 saturated heterocycles.